The summed E-state index contributed by atoms with van der Waals surface area (Å²) in [5, 5.41) is 7.70. The SMILES string of the molecule is S=c1[nH]nc(CC23CC4CC(CC(C4)C2)C3)n1-c1ccc2c(c1)OCCO2. The van der Waals surface area contributed by atoms with Crippen molar-refractivity contribution in [2.24, 2.45) is 23.2 Å². The van der Waals surface area contributed by atoms with Crippen LogP contribution in [0.5, 0.6) is 11.5 Å². The monoisotopic (exact) mass is 383 g/mol. The molecule has 0 unspecified atom stereocenters. The molecular weight excluding hydrogens is 358 g/mol. The number of rotatable bonds is 3. The molecule has 1 aliphatic heterocycles. The van der Waals surface area contributed by atoms with E-state index in [4.69, 9.17) is 21.7 Å². The Labute approximate surface area is 164 Å². The van der Waals surface area contributed by atoms with E-state index >= 15 is 0 Å². The number of aromatic amines is 1. The number of hydrogen-bond acceptors (Lipinski definition) is 4. The Bertz CT molecular complexity index is 912. The number of benzene rings is 1. The summed E-state index contributed by atoms with van der Waals surface area (Å²) >= 11 is 5.59. The molecule has 27 heavy (non-hydrogen) atoms. The highest BCUT2D eigenvalue weighted by molar-refractivity contribution is 7.71. The number of H-pyrrole nitrogens is 1. The molecule has 5 aliphatic rings. The lowest BCUT2D eigenvalue weighted by Crippen LogP contribution is -2.47. The first-order valence-electron chi connectivity index (χ1n) is 10.2. The van der Waals surface area contributed by atoms with Crippen molar-refractivity contribution in [1.82, 2.24) is 14.8 Å². The summed E-state index contributed by atoms with van der Waals surface area (Å²) in [6, 6.07) is 6.07. The van der Waals surface area contributed by atoms with Crippen molar-refractivity contribution in [3.8, 4) is 17.2 Å². The Balaban J connectivity index is 1.36. The second kappa shape index (κ2) is 5.84. The third-order valence-corrected chi connectivity index (χ3v) is 7.50. The smallest absolute Gasteiger partial charge is 0.199 e. The molecule has 6 heteroatoms. The van der Waals surface area contributed by atoms with Crippen LogP contribution in [0.1, 0.15) is 44.3 Å². The van der Waals surface area contributed by atoms with Gasteiger partial charge in [-0.25, -0.2) is 0 Å². The van der Waals surface area contributed by atoms with Gasteiger partial charge < -0.3 is 9.47 Å². The molecule has 0 atom stereocenters. The van der Waals surface area contributed by atoms with Crippen LogP contribution in [0, 0.1) is 27.9 Å². The zero-order valence-electron chi connectivity index (χ0n) is 15.4. The lowest BCUT2D eigenvalue weighted by Gasteiger charge is -2.56. The Hall–Kier alpha value is -1.82. The second-order valence-corrected chi connectivity index (χ2v) is 9.59. The van der Waals surface area contributed by atoms with E-state index in [0.717, 1.165) is 47.2 Å². The van der Waals surface area contributed by atoms with E-state index in [9.17, 15) is 0 Å². The van der Waals surface area contributed by atoms with Gasteiger partial charge in [0, 0.05) is 12.5 Å². The summed E-state index contributed by atoms with van der Waals surface area (Å²) in [5.74, 6) is 5.51. The molecule has 1 aromatic carbocycles. The highest BCUT2D eigenvalue weighted by atomic mass is 32.1. The van der Waals surface area contributed by atoms with Crippen molar-refractivity contribution < 1.29 is 9.47 Å². The topological polar surface area (TPSA) is 52.1 Å². The quantitative estimate of drug-likeness (QED) is 0.795. The van der Waals surface area contributed by atoms with E-state index in [2.05, 4.69) is 20.8 Å². The zero-order chi connectivity index (χ0) is 18.0. The third kappa shape index (κ3) is 2.64. The van der Waals surface area contributed by atoms with Gasteiger partial charge in [-0.05, 0) is 86.0 Å². The van der Waals surface area contributed by atoms with E-state index < -0.39 is 0 Å². The van der Waals surface area contributed by atoms with E-state index in [1.54, 1.807) is 0 Å². The van der Waals surface area contributed by atoms with Crippen LogP contribution in [-0.4, -0.2) is 28.0 Å². The van der Waals surface area contributed by atoms with Gasteiger partial charge in [0.25, 0.3) is 0 Å². The molecule has 0 saturated heterocycles. The Morgan fingerprint density at radius 2 is 1.70 bits per heavy atom. The van der Waals surface area contributed by atoms with Gasteiger partial charge in [0.1, 0.15) is 19.0 Å². The molecule has 5 nitrogen and oxygen atoms in total. The predicted octanol–water partition coefficient (Wildman–Crippen LogP) is 4.46. The van der Waals surface area contributed by atoms with Crippen LogP contribution in [0.25, 0.3) is 5.69 Å². The molecule has 2 aromatic rings. The molecule has 7 rings (SSSR count). The van der Waals surface area contributed by atoms with Gasteiger partial charge in [-0.2, -0.15) is 5.10 Å². The first-order chi connectivity index (χ1) is 13.2. The molecule has 0 spiro atoms. The number of nitrogens with one attached hydrogen (secondary N) is 1. The van der Waals surface area contributed by atoms with Crippen molar-refractivity contribution in [3.63, 3.8) is 0 Å². The molecule has 4 aliphatic carbocycles. The molecule has 0 amide bonds. The first kappa shape index (κ1) is 16.2. The number of aromatic nitrogens is 3. The van der Waals surface area contributed by atoms with Gasteiger partial charge in [-0.15, -0.1) is 0 Å². The third-order valence-electron chi connectivity index (χ3n) is 7.22. The van der Waals surface area contributed by atoms with Gasteiger partial charge in [-0.1, -0.05) is 0 Å². The highest BCUT2D eigenvalue weighted by Gasteiger charge is 2.51. The Kier molecular flexibility index (Phi) is 3.49. The van der Waals surface area contributed by atoms with Crippen LogP contribution in [0.2, 0.25) is 0 Å². The van der Waals surface area contributed by atoms with Crippen molar-refractivity contribution in [2.75, 3.05) is 13.2 Å². The van der Waals surface area contributed by atoms with Crippen LogP contribution in [0.15, 0.2) is 18.2 Å². The number of ether oxygens (including phenoxy) is 2. The summed E-state index contributed by atoms with van der Waals surface area (Å²) in [6.07, 6.45) is 9.55. The minimum atomic E-state index is 0.432. The summed E-state index contributed by atoms with van der Waals surface area (Å²) < 4.78 is 14.2. The molecule has 1 N–H and O–H groups in total. The van der Waals surface area contributed by atoms with Gasteiger partial charge in [-0.3, -0.25) is 9.67 Å². The maximum atomic E-state index is 5.77. The fourth-order valence-corrected chi connectivity index (χ4v) is 6.98. The molecule has 142 valence electrons. The average Bonchev–Trinajstić information content (AvgIpc) is 2.99. The first-order valence-corrected chi connectivity index (χ1v) is 10.6. The van der Waals surface area contributed by atoms with Crippen molar-refractivity contribution in [2.45, 2.75) is 44.9 Å². The van der Waals surface area contributed by atoms with Crippen LogP contribution in [-0.2, 0) is 6.42 Å². The van der Waals surface area contributed by atoms with Crippen LogP contribution >= 0.6 is 12.2 Å². The summed E-state index contributed by atoms with van der Waals surface area (Å²) in [5.41, 5.74) is 1.44. The van der Waals surface area contributed by atoms with E-state index in [0.29, 0.717) is 23.4 Å². The predicted molar refractivity (Wildman–Crippen MR) is 104 cm³/mol. The van der Waals surface area contributed by atoms with E-state index in [1.807, 2.05) is 12.1 Å². The molecule has 4 saturated carbocycles. The largest absolute Gasteiger partial charge is 0.486 e. The molecule has 2 heterocycles. The standard InChI is InChI=1S/C21H25N3O2S/c27-20-23-22-19(12-21-9-13-5-14(10-21)7-15(6-13)11-21)24(20)16-1-2-17-18(8-16)26-4-3-25-17/h1-2,8,13-15H,3-7,9-12H2,(H,23,27). The molecular formula is C21H25N3O2S. The minimum absolute atomic E-state index is 0.432. The van der Waals surface area contributed by atoms with Gasteiger partial charge in [0.05, 0.1) is 5.69 Å². The van der Waals surface area contributed by atoms with Crippen LogP contribution in [0.4, 0.5) is 0 Å². The van der Waals surface area contributed by atoms with Crippen molar-refractivity contribution in [3.05, 3.63) is 28.8 Å². The molecule has 1 aromatic heterocycles. The lowest BCUT2D eigenvalue weighted by molar-refractivity contribution is -0.0533. The zero-order valence-corrected chi connectivity index (χ0v) is 16.3. The minimum Gasteiger partial charge on any atom is -0.486 e. The summed E-state index contributed by atoms with van der Waals surface area (Å²) in [4.78, 5) is 0. The number of fused-ring (bicyclic) bond motifs is 1. The van der Waals surface area contributed by atoms with Crippen LogP contribution < -0.4 is 9.47 Å². The van der Waals surface area contributed by atoms with E-state index in [1.165, 1.54) is 38.5 Å². The van der Waals surface area contributed by atoms with Crippen LogP contribution in [0.3, 0.4) is 0 Å². The van der Waals surface area contributed by atoms with Gasteiger partial charge in [0.2, 0.25) is 0 Å². The maximum absolute atomic E-state index is 5.77. The summed E-state index contributed by atoms with van der Waals surface area (Å²) in [7, 11) is 0. The Morgan fingerprint density at radius 3 is 2.41 bits per heavy atom. The van der Waals surface area contributed by atoms with Crippen molar-refractivity contribution in [1.29, 1.82) is 0 Å². The lowest BCUT2D eigenvalue weighted by atomic mass is 9.49. The number of hydrogen-bond donors (Lipinski definition) is 1. The molecule has 0 radical (unpaired) electrons. The Morgan fingerprint density at radius 1 is 1.04 bits per heavy atom. The molecule has 4 bridgehead atoms. The summed E-state index contributed by atoms with van der Waals surface area (Å²) in [6.45, 7) is 1.20. The van der Waals surface area contributed by atoms with E-state index in [-0.39, 0.29) is 0 Å². The normalized spacial score (nSPS) is 33.4. The molecule has 4 fully saturated rings. The fourth-order valence-electron chi connectivity index (χ4n) is 6.73. The van der Waals surface area contributed by atoms with Gasteiger partial charge in [0.15, 0.2) is 16.3 Å². The second-order valence-electron chi connectivity index (χ2n) is 9.20. The average molecular weight is 384 g/mol. The van der Waals surface area contributed by atoms with Crippen molar-refractivity contribution >= 4 is 12.2 Å². The fraction of sp³-hybridized carbons (Fsp3) is 0.619. The number of nitrogens with zero attached hydrogens (tertiary/aromatic N) is 2. The maximum Gasteiger partial charge on any atom is 0.199 e. The van der Waals surface area contributed by atoms with Gasteiger partial charge >= 0.3 is 0 Å². The highest BCUT2D eigenvalue weighted by Crippen LogP contribution is 2.61.